The summed E-state index contributed by atoms with van der Waals surface area (Å²) in [6.07, 6.45) is 2.49. The second-order valence-corrected chi connectivity index (χ2v) is 8.46. The average Bonchev–Trinajstić information content (AvgIpc) is 3.26. The Labute approximate surface area is 168 Å². The Morgan fingerprint density at radius 2 is 1.82 bits per heavy atom. The Kier molecular flexibility index (Phi) is 4.60. The highest BCUT2D eigenvalue weighted by Gasteiger charge is 2.30. The van der Waals surface area contributed by atoms with Gasteiger partial charge in [-0.05, 0) is 26.7 Å². The molecule has 0 amide bonds. The van der Waals surface area contributed by atoms with Crippen LogP contribution in [0.3, 0.4) is 0 Å². The Morgan fingerprint density at radius 1 is 1.07 bits per heavy atom. The maximum absolute atomic E-state index is 5.58. The number of rotatable bonds is 5. The largest absolute Gasteiger partial charge is 0.344 e. The Balaban J connectivity index is 1.22. The van der Waals surface area contributed by atoms with Crippen LogP contribution in [0.4, 0.5) is 5.13 Å². The number of anilines is 1. The first-order chi connectivity index (χ1) is 13.7. The van der Waals surface area contributed by atoms with E-state index in [0.29, 0.717) is 17.6 Å². The van der Waals surface area contributed by atoms with Gasteiger partial charge in [-0.3, -0.25) is 4.90 Å². The van der Waals surface area contributed by atoms with Gasteiger partial charge in [-0.2, -0.15) is 9.36 Å². The summed E-state index contributed by atoms with van der Waals surface area (Å²) in [5.74, 6) is 3.00. The molecule has 2 aliphatic rings. The first-order valence-electron chi connectivity index (χ1n) is 9.90. The number of hydrogen-bond acceptors (Lipinski definition) is 8. The molecule has 1 aliphatic heterocycles. The molecule has 0 radical (unpaired) electrons. The number of piperazine rings is 1. The van der Waals surface area contributed by atoms with E-state index in [-0.39, 0.29) is 6.04 Å². The van der Waals surface area contributed by atoms with E-state index in [0.717, 1.165) is 42.7 Å². The molecule has 1 aromatic carbocycles. The number of aromatic nitrogens is 4. The predicted molar refractivity (Wildman–Crippen MR) is 109 cm³/mol. The summed E-state index contributed by atoms with van der Waals surface area (Å²) in [4.78, 5) is 14.1. The van der Waals surface area contributed by atoms with Crippen LogP contribution in [0.25, 0.3) is 11.4 Å². The summed E-state index contributed by atoms with van der Waals surface area (Å²) in [5, 5.41) is 5.24. The zero-order valence-electron chi connectivity index (χ0n) is 16.2. The molecule has 0 spiro atoms. The second-order valence-electron chi connectivity index (χ2n) is 7.73. The third kappa shape index (κ3) is 3.54. The van der Waals surface area contributed by atoms with Gasteiger partial charge in [-0.1, -0.05) is 35.0 Å². The first kappa shape index (κ1) is 17.8. The maximum Gasteiger partial charge on any atom is 0.244 e. The molecule has 1 saturated carbocycles. The standard InChI is InChI=1S/C20H24N6OS/c1-13-3-5-15(6-4-13)17-21-19(27-23-17)14(2)25-9-11-26(12-10-25)20-22-18(24-28-20)16-7-8-16/h3-6,14,16H,7-12H2,1-2H3. The van der Waals surface area contributed by atoms with Crippen LogP contribution >= 0.6 is 11.5 Å². The normalized spacial score (nSPS) is 19.1. The Hall–Kier alpha value is -2.32. The fraction of sp³-hybridized carbons (Fsp3) is 0.500. The number of nitrogens with zero attached hydrogens (tertiary/aromatic N) is 6. The van der Waals surface area contributed by atoms with Gasteiger partial charge in [-0.15, -0.1) is 0 Å². The van der Waals surface area contributed by atoms with Crippen molar-refractivity contribution in [3.63, 3.8) is 0 Å². The molecule has 0 N–H and O–H groups in total. The van der Waals surface area contributed by atoms with Gasteiger partial charge in [0.15, 0.2) is 0 Å². The van der Waals surface area contributed by atoms with Gasteiger partial charge in [0, 0.05) is 49.2 Å². The summed E-state index contributed by atoms with van der Waals surface area (Å²) in [6, 6.07) is 8.30. The van der Waals surface area contributed by atoms with Gasteiger partial charge in [0.1, 0.15) is 5.82 Å². The van der Waals surface area contributed by atoms with Crippen LogP contribution in [0.1, 0.15) is 49.0 Å². The summed E-state index contributed by atoms with van der Waals surface area (Å²) in [6.45, 7) is 7.99. The van der Waals surface area contributed by atoms with Crippen molar-refractivity contribution in [2.24, 2.45) is 0 Å². The van der Waals surface area contributed by atoms with Crippen LogP contribution in [0, 0.1) is 6.92 Å². The molecule has 0 bridgehead atoms. The van der Waals surface area contributed by atoms with Crippen LogP contribution in [0.5, 0.6) is 0 Å². The molecular weight excluding hydrogens is 372 g/mol. The molecule has 1 unspecified atom stereocenters. The lowest BCUT2D eigenvalue weighted by atomic mass is 10.1. The van der Waals surface area contributed by atoms with Gasteiger partial charge in [0.05, 0.1) is 6.04 Å². The predicted octanol–water partition coefficient (Wildman–Crippen LogP) is 3.66. The zero-order valence-corrected chi connectivity index (χ0v) is 17.0. The van der Waals surface area contributed by atoms with Gasteiger partial charge < -0.3 is 9.42 Å². The third-order valence-corrected chi connectivity index (χ3v) is 6.41. The van der Waals surface area contributed by atoms with Crippen molar-refractivity contribution >= 4 is 16.7 Å². The zero-order chi connectivity index (χ0) is 19.1. The van der Waals surface area contributed by atoms with Crippen LogP contribution in [0.2, 0.25) is 0 Å². The Morgan fingerprint density at radius 3 is 2.54 bits per heavy atom. The second kappa shape index (κ2) is 7.25. The molecule has 1 atom stereocenters. The molecule has 2 fully saturated rings. The van der Waals surface area contributed by atoms with Gasteiger partial charge >= 0.3 is 0 Å². The quantitative estimate of drug-likeness (QED) is 0.652. The molecule has 1 aliphatic carbocycles. The molecule has 3 aromatic rings. The van der Waals surface area contributed by atoms with Crippen molar-refractivity contribution in [1.29, 1.82) is 0 Å². The fourth-order valence-corrected chi connectivity index (χ4v) is 4.34. The van der Waals surface area contributed by atoms with E-state index in [9.17, 15) is 0 Å². The van der Waals surface area contributed by atoms with Gasteiger partial charge in [0.25, 0.3) is 0 Å². The van der Waals surface area contributed by atoms with Crippen molar-refractivity contribution in [3.05, 3.63) is 41.5 Å². The first-order valence-corrected chi connectivity index (χ1v) is 10.7. The van der Waals surface area contributed by atoms with E-state index in [1.165, 1.54) is 29.9 Å². The lowest BCUT2D eigenvalue weighted by molar-refractivity contribution is 0.164. The van der Waals surface area contributed by atoms with Crippen LogP contribution in [0.15, 0.2) is 28.8 Å². The van der Waals surface area contributed by atoms with E-state index < -0.39 is 0 Å². The Bertz CT molecular complexity index is 940. The summed E-state index contributed by atoms with van der Waals surface area (Å²) >= 11 is 1.54. The van der Waals surface area contributed by atoms with E-state index in [1.54, 1.807) is 0 Å². The summed E-state index contributed by atoms with van der Waals surface area (Å²) in [7, 11) is 0. The lowest BCUT2D eigenvalue weighted by Gasteiger charge is -2.36. The summed E-state index contributed by atoms with van der Waals surface area (Å²) < 4.78 is 10.1. The lowest BCUT2D eigenvalue weighted by Crippen LogP contribution is -2.47. The molecule has 7 nitrogen and oxygen atoms in total. The van der Waals surface area contributed by atoms with E-state index in [1.807, 2.05) is 12.1 Å². The van der Waals surface area contributed by atoms with Gasteiger partial charge in [0.2, 0.25) is 16.8 Å². The highest BCUT2D eigenvalue weighted by atomic mass is 32.1. The number of aryl methyl sites for hydroxylation is 1. The molecule has 5 rings (SSSR count). The molecule has 8 heteroatoms. The minimum Gasteiger partial charge on any atom is -0.344 e. The number of benzene rings is 1. The maximum atomic E-state index is 5.58. The SMILES string of the molecule is Cc1ccc(-c2noc(C(C)N3CCN(c4nc(C5CC5)ns4)CC3)n2)cc1. The van der Waals surface area contributed by atoms with E-state index in [4.69, 9.17) is 9.51 Å². The van der Waals surface area contributed by atoms with Crippen LogP contribution in [-0.4, -0.2) is 50.6 Å². The van der Waals surface area contributed by atoms with Crippen molar-refractivity contribution in [2.75, 3.05) is 31.1 Å². The topological polar surface area (TPSA) is 71.2 Å². The third-order valence-electron chi connectivity index (χ3n) is 5.61. The number of hydrogen-bond donors (Lipinski definition) is 0. The molecule has 28 heavy (non-hydrogen) atoms. The van der Waals surface area contributed by atoms with Crippen LogP contribution in [-0.2, 0) is 0 Å². The minimum absolute atomic E-state index is 0.102. The van der Waals surface area contributed by atoms with Crippen molar-refractivity contribution in [2.45, 2.75) is 38.6 Å². The average molecular weight is 397 g/mol. The molecule has 3 heterocycles. The fourth-order valence-electron chi connectivity index (χ4n) is 3.54. The molecule has 2 aromatic heterocycles. The van der Waals surface area contributed by atoms with Crippen molar-refractivity contribution in [1.82, 2.24) is 24.4 Å². The van der Waals surface area contributed by atoms with Gasteiger partial charge in [-0.25, -0.2) is 4.98 Å². The van der Waals surface area contributed by atoms with Crippen molar-refractivity contribution < 1.29 is 4.52 Å². The van der Waals surface area contributed by atoms with E-state index in [2.05, 4.69) is 50.3 Å². The minimum atomic E-state index is 0.102. The highest BCUT2D eigenvalue weighted by molar-refractivity contribution is 7.09. The highest BCUT2D eigenvalue weighted by Crippen LogP contribution is 2.39. The molecule has 1 saturated heterocycles. The molecule has 146 valence electrons. The molecular formula is C20H24N6OS. The summed E-state index contributed by atoms with van der Waals surface area (Å²) in [5.41, 5.74) is 2.21. The van der Waals surface area contributed by atoms with E-state index >= 15 is 0 Å². The van der Waals surface area contributed by atoms with Crippen LogP contribution < -0.4 is 4.90 Å². The smallest absolute Gasteiger partial charge is 0.244 e. The van der Waals surface area contributed by atoms with Crippen molar-refractivity contribution in [3.8, 4) is 11.4 Å². The monoisotopic (exact) mass is 396 g/mol.